The molecule has 0 spiro atoms. The number of aliphatic carboxylic acids is 1. The number of hydrazone groups is 1. The van der Waals surface area contributed by atoms with Crippen LogP contribution in [0.15, 0.2) is 47.6 Å². The van der Waals surface area contributed by atoms with Gasteiger partial charge in [0.1, 0.15) is 0 Å². The van der Waals surface area contributed by atoms with Gasteiger partial charge in [0.25, 0.3) is 0 Å². The minimum absolute atomic E-state index is 0.288. The first kappa shape index (κ1) is 20.1. The quantitative estimate of drug-likeness (QED) is 0.495. The standard InChI is InChI=1S/C18H18ClN3O5/c1-11(17(23)24)27-15-7-6-12(8-16(15)26-2)10-20-22-18(25)21-14-5-3-4-13(19)9-14/h3-11H,1-2H3,(H,23,24)(H2,21,22,25)/b20-10+/t11-/m0/s1. The monoisotopic (exact) mass is 391 g/mol. The minimum Gasteiger partial charge on any atom is -0.493 e. The number of rotatable bonds is 7. The van der Waals surface area contributed by atoms with Crippen molar-refractivity contribution in [1.29, 1.82) is 0 Å². The summed E-state index contributed by atoms with van der Waals surface area (Å²) in [7, 11) is 1.44. The van der Waals surface area contributed by atoms with Gasteiger partial charge >= 0.3 is 12.0 Å². The van der Waals surface area contributed by atoms with Gasteiger partial charge in [0.05, 0.1) is 13.3 Å². The number of carboxylic acid groups (broad SMARTS) is 1. The average Bonchev–Trinajstić information content (AvgIpc) is 2.62. The van der Waals surface area contributed by atoms with Crippen molar-refractivity contribution < 1.29 is 24.2 Å². The first-order valence-electron chi connectivity index (χ1n) is 7.82. The molecule has 0 radical (unpaired) electrons. The van der Waals surface area contributed by atoms with E-state index in [1.165, 1.54) is 20.2 Å². The van der Waals surface area contributed by atoms with Crippen LogP contribution in [0.1, 0.15) is 12.5 Å². The zero-order chi connectivity index (χ0) is 19.8. The van der Waals surface area contributed by atoms with E-state index in [9.17, 15) is 9.59 Å². The molecule has 9 heteroatoms. The van der Waals surface area contributed by atoms with Gasteiger partial charge in [-0.05, 0) is 48.9 Å². The zero-order valence-electron chi connectivity index (χ0n) is 14.6. The summed E-state index contributed by atoms with van der Waals surface area (Å²) in [6.07, 6.45) is 0.389. The average molecular weight is 392 g/mol. The summed E-state index contributed by atoms with van der Waals surface area (Å²) < 4.78 is 10.5. The van der Waals surface area contributed by atoms with Crippen molar-refractivity contribution >= 4 is 35.5 Å². The first-order valence-corrected chi connectivity index (χ1v) is 8.20. The third-order valence-electron chi connectivity index (χ3n) is 3.30. The van der Waals surface area contributed by atoms with Crippen molar-refractivity contribution in [2.45, 2.75) is 13.0 Å². The smallest absolute Gasteiger partial charge is 0.344 e. The van der Waals surface area contributed by atoms with Crippen molar-refractivity contribution in [3.63, 3.8) is 0 Å². The second-order valence-corrected chi connectivity index (χ2v) is 5.78. The van der Waals surface area contributed by atoms with Gasteiger partial charge in [-0.1, -0.05) is 17.7 Å². The molecule has 1 atom stereocenters. The van der Waals surface area contributed by atoms with Gasteiger partial charge in [0, 0.05) is 10.7 Å². The molecule has 0 unspecified atom stereocenters. The Morgan fingerprint density at radius 1 is 1.22 bits per heavy atom. The van der Waals surface area contributed by atoms with E-state index in [1.54, 1.807) is 42.5 Å². The van der Waals surface area contributed by atoms with Crippen LogP contribution in [0.4, 0.5) is 10.5 Å². The Labute approximate surface area is 160 Å². The number of methoxy groups -OCH3 is 1. The number of hydrogen-bond donors (Lipinski definition) is 3. The number of carboxylic acids is 1. The van der Waals surface area contributed by atoms with Gasteiger partial charge in [-0.15, -0.1) is 0 Å². The van der Waals surface area contributed by atoms with Crippen LogP contribution in [0.5, 0.6) is 11.5 Å². The lowest BCUT2D eigenvalue weighted by Gasteiger charge is -2.14. The Morgan fingerprint density at radius 2 is 2.00 bits per heavy atom. The Balaban J connectivity index is 1.97. The second-order valence-electron chi connectivity index (χ2n) is 5.34. The third-order valence-corrected chi connectivity index (χ3v) is 3.54. The summed E-state index contributed by atoms with van der Waals surface area (Å²) in [5.74, 6) is -0.454. The molecule has 0 saturated heterocycles. The maximum absolute atomic E-state index is 11.8. The Hall–Kier alpha value is -3.26. The van der Waals surface area contributed by atoms with E-state index in [4.69, 9.17) is 26.2 Å². The zero-order valence-corrected chi connectivity index (χ0v) is 15.4. The second kappa shape index (κ2) is 9.44. The van der Waals surface area contributed by atoms with Crippen LogP contribution in [-0.4, -0.2) is 36.5 Å². The molecular formula is C18H18ClN3O5. The van der Waals surface area contributed by atoms with E-state index in [2.05, 4.69) is 15.8 Å². The number of anilines is 1. The molecule has 0 aliphatic rings. The van der Waals surface area contributed by atoms with Gasteiger partial charge < -0.3 is 19.9 Å². The van der Waals surface area contributed by atoms with Gasteiger partial charge in [-0.3, -0.25) is 0 Å². The summed E-state index contributed by atoms with van der Waals surface area (Å²) in [4.78, 5) is 22.7. The maximum atomic E-state index is 11.8. The van der Waals surface area contributed by atoms with Crippen LogP contribution in [0, 0.1) is 0 Å². The number of carbonyl (C=O) groups excluding carboxylic acids is 1. The Morgan fingerprint density at radius 3 is 2.67 bits per heavy atom. The Kier molecular flexibility index (Phi) is 7.01. The van der Waals surface area contributed by atoms with E-state index in [-0.39, 0.29) is 5.75 Å². The number of urea groups is 1. The van der Waals surface area contributed by atoms with Crippen LogP contribution in [-0.2, 0) is 4.79 Å². The molecule has 27 heavy (non-hydrogen) atoms. The van der Waals surface area contributed by atoms with E-state index >= 15 is 0 Å². The predicted molar refractivity (Wildman–Crippen MR) is 102 cm³/mol. The molecular weight excluding hydrogens is 374 g/mol. The number of nitrogens with one attached hydrogen (secondary N) is 2. The van der Waals surface area contributed by atoms with Crippen LogP contribution >= 0.6 is 11.6 Å². The summed E-state index contributed by atoms with van der Waals surface area (Å²) in [5, 5.41) is 15.8. The van der Waals surface area contributed by atoms with Crippen molar-refractivity contribution in [3.8, 4) is 11.5 Å². The molecule has 0 saturated carbocycles. The number of halogens is 1. The van der Waals surface area contributed by atoms with Gasteiger partial charge in [-0.2, -0.15) is 5.10 Å². The van der Waals surface area contributed by atoms with Gasteiger partial charge in [0.2, 0.25) is 0 Å². The predicted octanol–water partition coefficient (Wildman–Crippen LogP) is 3.36. The molecule has 8 nitrogen and oxygen atoms in total. The molecule has 0 aromatic heterocycles. The number of nitrogens with zero attached hydrogens (tertiary/aromatic N) is 1. The fraction of sp³-hybridized carbons (Fsp3) is 0.167. The van der Waals surface area contributed by atoms with Gasteiger partial charge in [0.15, 0.2) is 17.6 Å². The number of hydrogen-bond acceptors (Lipinski definition) is 5. The summed E-state index contributed by atoms with van der Waals surface area (Å²) in [6.45, 7) is 1.42. The van der Waals surface area contributed by atoms with E-state index in [0.717, 1.165) is 0 Å². The van der Waals surface area contributed by atoms with Crippen LogP contribution in [0.25, 0.3) is 0 Å². The van der Waals surface area contributed by atoms with Crippen LogP contribution in [0.3, 0.4) is 0 Å². The molecule has 0 bridgehead atoms. The molecule has 2 amide bonds. The first-order chi connectivity index (χ1) is 12.9. The maximum Gasteiger partial charge on any atom is 0.344 e. The minimum atomic E-state index is -1.09. The highest BCUT2D eigenvalue weighted by molar-refractivity contribution is 6.30. The lowest BCUT2D eigenvalue weighted by atomic mass is 10.2. The van der Waals surface area contributed by atoms with Gasteiger partial charge in [-0.25, -0.2) is 15.0 Å². The molecule has 0 aliphatic heterocycles. The lowest BCUT2D eigenvalue weighted by molar-refractivity contribution is -0.144. The summed E-state index contributed by atoms with van der Waals surface area (Å²) in [5.41, 5.74) is 3.47. The fourth-order valence-corrected chi connectivity index (χ4v) is 2.18. The number of benzene rings is 2. The topological polar surface area (TPSA) is 109 Å². The highest BCUT2D eigenvalue weighted by Crippen LogP contribution is 2.28. The van der Waals surface area contributed by atoms with E-state index in [0.29, 0.717) is 22.0 Å². The molecule has 2 aromatic carbocycles. The molecule has 3 N–H and O–H groups in total. The molecule has 142 valence electrons. The number of carbonyl (C=O) groups is 2. The highest BCUT2D eigenvalue weighted by atomic mass is 35.5. The SMILES string of the molecule is COc1cc(/C=N/NC(=O)Nc2cccc(Cl)c2)ccc1O[C@@H](C)C(=O)O. The van der Waals surface area contributed by atoms with Crippen LogP contribution < -0.4 is 20.2 Å². The molecule has 0 aliphatic carbocycles. The number of ether oxygens (including phenoxy) is 2. The van der Waals surface area contributed by atoms with Crippen LogP contribution in [0.2, 0.25) is 5.02 Å². The molecule has 0 fully saturated rings. The fourth-order valence-electron chi connectivity index (χ4n) is 1.99. The van der Waals surface area contributed by atoms with E-state index in [1.807, 2.05) is 0 Å². The highest BCUT2D eigenvalue weighted by Gasteiger charge is 2.15. The van der Waals surface area contributed by atoms with Crippen molar-refractivity contribution in [1.82, 2.24) is 5.43 Å². The number of amides is 2. The third kappa shape index (κ3) is 6.19. The van der Waals surface area contributed by atoms with E-state index < -0.39 is 18.1 Å². The lowest BCUT2D eigenvalue weighted by Crippen LogP contribution is -2.24. The molecule has 2 rings (SSSR count). The summed E-state index contributed by atoms with van der Waals surface area (Å²) >= 11 is 5.85. The van der Waals surface area contributed by atoms with Crippen molar-refractivity contribution in [2.75, 3.05) is 12.4 Å². The Bertz CT molecular complexity index is 857. The van der Waals surface area contributed by atoms with Crippen molar-refractivity contribution in [2.24, 2.45) is 5.10 Å². The molecule has 0 heterocycles. The largest absolute Gasteiger partial charge is 0.493 e. The summed E-state index contributed by atoms with van der Waals surface area (Å²) in [6, 6.07) is 11.0. The molecule has 2 aromatic rings. The van der Waals surface area contributed by atoms with Crippen molar-refractivity contribution in [3.05, 3.63) is 53.1 Å². The normalized spacial score (nSPS) is 11.7.